The van der Waals surface area contributed by atoms with Gasteiger partial charge >= 0.3 is 0 Å². The molecule has 0 saturated carbocycles. The van der Waals surface area contributed by atoms with Gasteiger partial charge in [0.1, 0.15) is 0 Å². The first kappa shape index (κ1) is 20.2. The fourth-order valence-corrected chi connectivity index (χ4v) is 2.47. The van der Waals surface area contributed by atoms with Gasteiger partial charge in [0.05, 0.1) is 0 Å². The zero-order valence-corrected chi connectivity index (χ0v) is 15.1. The highest BCUT2D eigenvalue weighted by atomic mass is 13.9. The van der Waals surface area contributed by atoms with Gasteiger partial charge in [-0.1, -0.05) is 78.9 Å². The molecule has 0 nitrogen and oxygen atoms in total. The predicted octanol–water partition coefficient (Wildman–Crippen LogP) is 7.41. The van der Waals surface area contributed by atoms with Gasteiger partial charge in [-0.15, -0.1) is 0 Å². The molecule has 1 rings (SSSR count). The van der Waals surface area contributed by atoms with Crippen LogP contribution in [0.25, 0.3) is 0 Å². The Morgan fingerprint density at radius 3 is 1.54 bits per heavy atom. The van der Waals surface area contributed by atoms with E-state index >= 15 is 0 Å². The van der Waals surface area contributed by atoms with E-state index in [0.717, 1.165) is 38.5 Å². The summed E-state index contributed by atoms with van der Waals surface area (Å²) in [6.45, 7) is 3.68. The molecule has 0 bridgehead atoms. The first-order valence-electron chi connectivity index (χ1n) is 9.36. The third-order valence-electron chi connectivity index (χ3n) is 3.85. The van der Waals surface area contributed by atoms with Crippen molar-refractivity contribution in [3.63, 3.8) is 0 Å². The van der Waals surface area contributed by atoms with Gasteiger partial charge in [-0.25, -0.2) is 0 Å². The molecule has 0 spiro atoms. The maximum atomic E-state index is 3.68. The summed E-state index contributed by atoms with van der Waals surface area (Å²) in [6, 6.07) is 10.7. The summed E-state index contributed by atoms with van der Waals surface area (Å²) in [7, 11) is 0. The highest BCUT2D eigenvalue weighted by molar-refractivity contribution is 5.14. The van der Waals surface area contributed by atoms with E-state index in [-0.39, 0.29) is 0 Å². The van der Waals surface area contributed by atoms with Gasteiger partial charge in [-0.05, 0) is 70.3 Å². The lowest BCUT2D eigenvalue weighted by atomic mass is 10.1. The van der Waals surface area contributed by atoms with E-state index < -0.39 is 0 Å². The fourth-order valence-electron chi connectivity index (χ4n) is 2.47. The first-order chi connectivity index (χ1) is 11.9. The fraction of sp³-hybridized carbons (Fsp3) is 0.375. The van der Waals surface area contributed by atoms with Crippen LogP contribution in [0.1, 0.15) is 56.9 Å². The number of aryl methyl sites for hydroxylation is 1. The van der Waals surface area contributed by atoms with Crippen molar-refractivity contribution in [3.8, 4) is 0 Å². The van der Waals surface area contributed by atoms with Gasteiger partial charge < -0.3 is 0 Å². The van der Waals surface area contributed by atoms with Gasteiger partial charge in [-0.3, -0.25) is 0 Å². The molecule has 0 saturated heterocycles. The summed E-state index contributed by atoms with van der Waals surface area (Å²) >= 11 is 0. The van der Waals surface area contributed by atoms with Crippen molar-refractivity contribution in [1.29, 1.82) is 0 Å². The lowest BCUT2D eigenvalue weighted by Crippen LogP contribution is -1.82. The molecule has 0 aliphatic rings. The standard InChI is InChI=1S/C24H33/c1-2-3-4-5-6-7-8-9-10-11-12-13-14-15-16-18-21-24-22-19-17-20-23-24/h2-3,6-7,10-11,14-15,17,19-20,22-23H,1,4-5,8-9,12-13,16,18,21H2/b3-2+,7-6+,11-10+,15-14+. The molecule has 129 valence electrons. The summed E-state index contributed by atoms with van der Waals surface area (Å²) in [6.07, 6.45) is 28.3. The van der Waals surface area contributed by atoms with Gasteiger partial charge in [0.25, 0.3) is 0 Å². The molecule has 1 aromatic carbocycles. The molecule has 0 atom stereocenters. The highest BCUT2D eigenvalue weighted by Gasteiger charge is 1.89. The monoisotopic (exact) mass is 321 g/mol. The average molecular weight is 322 g/mol. The van der Waals surface area contributed by atoms with Crippen molar-refractivity contribution in [2.45, 2.75) is 57.8 Å². The second-order valence-electron chi connectivity index (χ2n) is 6.00. The van der Waals surface area contributed by atoms with Crippen molar-refractivity contribution >= 4 is 0 Å². The van der Waals surface area contributed by atoms with Gasteiger partial charge in [-0.2, -0.15) is 0 Å². The minimum atomic E-state index is 1.10. The lowest BCUT2D eigenvalue weighted by Gasteiger charge is -1.97. The largest absolute Gasteiger partial charge is 0.0885 e. The Hall–Kier alpha value is -1.82. The molecule has 0 heterocycles. The number of allylic oxidation sites excluding steroid dienone is 8. The molecule has 0 amide bonds. The summed E-state index contributed by atoms with van der Waals surface area (Å²) in [5.74, 6) is 0. The summed E-state index contributed by atoms with van der Waals surface area (Å²) in [4.78, 5) is 0. The van der Waals surface area contributed by atoms with Gasteiger partial charge in [0, 0.05) is 0 Å². The van der Waals surface area contributed by atoms with Crippen molar-refractivity contribution < 1.29 is 0 Å². The molecule has 0 aromatic heterocycles. The molecule has 24 heavy (non-hydrogen) atoms. The van der Waals surface area contributed by atoms with E-state index in [0.29, 0.717) is 0 Å². The number of hydrogen-bond donors (Lipinski definition) is 0. The van der Waals surface area contributed by atoms with Crippen LogP contribution in [0.15, 0.2) is 78.9 Å². The molecule has 0 fully saturated rings. The maximum absolute atomic E-state index is 3.68. The Morgan fingerprint density at radius 2 is 1.04 bits per heavy atom. The van der Waals surface area contributed by atoms with Gasteiger partial charge in [0.2, 0.25) is 0 Å². The van der Waals surface area contributed by atoms with Crippen molar-refractivity contribution in [1.82, 2.24) is 0 Å². The average Bonchev–Trinajstić information content (AvgIpc) is 2.62. The van der Waals surface area contributed by atoms with Gasteiger partial charge in [0.15, 0.2) is 0 Å². The maximum Gasteiger partial charge on any atom is -0.0276 e. The Balaban J connectivity index is 1.90. The van der Waals surface area contributed by atoms with Crippen LogP contribution in [0.3, 0.4) is 0 Å². The van der Waals surface area contributed by atoms with E-state index in [1.165, 1.54) is 24.8 Å². The van der Waals surface area contributed by atoms with Crippen LogP contribution in [0.5, 0.6) is 0 Å². The Morgan fingerprint density at radius 1 is 0.583 bits per heavy atom. The zero-order chi connectivity index (χ0) is 17.1. The van der Waals surface area contributed by atoms with Crippen LogP contribution in [-0.4, -0.2) is 0 Å². The topological polar surface area (TPSA) is 0 Å². The molecule has 0 aliphatic carbocycles. The molecule has 0 N–H and O–H groups in total. The normalized spacial score (nSPS) is 12.4. The van der Waals surface area contributed by atoms with E-state index in [1.807, 2.05) is 6.08 Å². The molecule has 1 radical (unpaired) electrons. The van der Waals surface area contributed by atoms with Crippen molar-refractivity contribution in [2.24, 2.45) is 0 Å². The number of benzene rings is 1. The SMILES string of the molecule is [CH2]/C=C/CC/C=C/CC/C=C/CC/C=C/CCCc1ccccc1. The molecular weight excluding hydrogens is 288 g/mol. The Kier molecular flexibility index (Phi) is 13.5. The van der Waals surface area contributed by atoms with Crippen LogP contribution in [0, 0.1) is 6.92 Å². The molecular formula is C24H33. The first-order valence-corrected chi connectivity index (χ1v) is 9.36. The van der Waals surface area contributed by atoms with Crippen molar-refractivity contribution in [2.75, 3.05) is 0 Å². The molecule has 0 heteroatoms. The summed E-state index contributed by atoms with van der Waals surface area (Å²) in [5, 5.41) is 0. The van der Waals surface area contributed by atoms with Crippen molar-refractivity contribution in [3.05, 3.63) is 91.4 Å². The lowest BCUT2D eigenvalue weighted by molar-refractivity contribution is 0.838. The second-order valence-corrected chi connectivity index (χ2v) is 6.00. The molecule has 1 aromatic rings. The smallest absolute Gasteiger partial charge is 0.0276 e. The summed E-state index contributed by atoms with van der Waals surface area (Å²) < 4.78 is 0. The van der Waals surface area contributed by atoms with Crippen LogP contribution >= 0.6 is 0 Å². The third-order valence-corrected chi connectivity index (χ3v) is 3.85. The minimum Gasteiger partial charge on any atom is -0.0885 e. The highest BCUT2D eigenvalue weighted by Crippen LogP contribution is 2.05. The Labute approximate surface area is 149 Å². The van der Waals surface area contributed by atoms with Crippen LogP contribution < -0.4 is 0 Å². The quantitative estimate of drug-likeness (QED) is 0.262. The molecule has 0 aliphatic heterocycles. The third kappa shape index (κ3) is 12.7. The number of hydrogen-bond acceptors (Lipinski definition) is 0. The predicted molar refractivity (Wildman–Crippen MR) is 109 cm³/mol. The number of unbranched alkanes of at least 4 members (excludes halogenated alkanes) is 4. The van der Waals surface area contributed by atoms with E-state index in [2.05, 4.69) is 79.8 Å². The van der Waals surface area contributed by atoms with E-state index in [1.54, 1.807) is 0 Å². The van der Waals surface area contributed by atoms with Crippen LogP contribution in [-0.2, 0) is 6.42 Å². The second kappa shape index (κ2) is 16.1. The number of rotatable bonds is 13. The van der Waals surface area contributed by atoms with E-state index in [4.69, 9.17) is 0 Å². The minimum absolute atomic E-state index is 1.10. The van der Waals surface area contributed by atoms with Crippen LogP contribution in [0.4, 0.5) is 0 Å². The van der Waals surface area contributed by atoms with E-state index in [9.17, 15) is 0 Å². The molecule has 0 unspecified atom stereocenters. The zero-order valence-electron chi connectivity index (χ0n) is 15.1. The summed E-state index contributed by atoms with van der Waals surface area (Å²) in [5.41, 5.74) is 1.45. The van der Waals surface area contributed by atoms with Crippen LogP contribution in [0.2, 0.25) is 0 Å². The Bertz CT molecular complexity index is 488.